The lowest BCUT2D eigenvalue weighted by atomic mass is 9.72. The number of hydrogen-bond acceptors (Lipinski definition) is 4. The standard InChI is InChI=1S/C23H34N2OS2/c1-6-8-9-10-14-27-22-24-20-19(21(26)25(22)13-7-2)17-12-11-16(23(3,4)5)15-18(17)28-20/h7,16H,2,6,8-15H2,1,3-5H3/t16-/m0/s1. The third-order valence-corrected chi connectivity index (χ3v) is 8.11. The van der Waals surface area contributed by atoms with Gasteiger partial charge in [0.2, 0.25) is 0 Å². The number of allylic oxidation sites excluding steroid dienone is 1. The maximum absolute atomic E-state index is 13.4. The average Bonchev–Trinajstić information content (AvgIpc) is 3.01. The lowest BCUT2D eigenvalue weighted by Crippen LogP contribution is -2.27. The molecule has 3 nitrogen and oxygen atoms in total. The minimum atomic E-state index is 0.132. The third kappa shape index (κ3) is 4.56. The van der Waals surface area contributed by atoms with Crippen LogP contribution in [0.25, 0.3) is 10.2 Å². The summed E-state index contributed by atoms with van der Waals surface area (Å²) in [5.74, 6) is 1.70. The van der Waals surface area contributed by atoms with Gasteiger partial charge >= 0.3 is 0 Å². The van der Waals surface area contributed by atoms with Crippen molar-refractivity contribution < 1.29 is 0 Å². The molecule has 2 aromatic heterocycles. The molecule has 154 valence electrons. The molecule has 1 aliphatic rings. The Hall–Kier alpha value is -1.07. The Labute approximate surface area is 177 Å². The van der Waals surface area contributed by atoms with Crippen LogP contribution >= 0.6 is 23.1 Å². The Morgan fingerprint density at radius 3 is 2.79 bits per heavy atom. The summed E-state index contributed by atoms with van der Waals surface area (Å²) in [6.07, 6.45) is 10.0. The van der Waals surface area contributed by atoms with Crippen LogP contribution in [-0.4, -0.2) is 15.3 Å². The Morgan fingerprint density at radius 1 is 1.32 bits per heavy atom. The highest BCUT2D eigenvalue weighted by Gasteiger charge is 2.32. The van der Waals surface area contributed by atoms with Crippen LogP contribution in [0.5, 0.6) is 0 Å². The van der Waals surface area contributed by atoms with E-state index >= 15 is 0 Å². The van der Waals surface area contributed by atoms with Crippen LogP contribution in [0.15, 0.2) is 22.6 Å². The maximum atomic E-state index is 13.4. The first-order chi connectivity index (χ1) is 13.4. The second-order valence-corrected chi connectivity index (χ2v) is 11.1. The SMILES string of the molecule is C=CCn1c(SCCCCCC)nc2sc3c(c2c1=O)CC[C@H](C(C)(C)C)C3. The molecule has 2 aromatic rings. The van der Waals surface area contributed by atoms with Gasteiger partial charge in [-0.2, -0.15) is 0 Å². The van der Waals surface area contributed by atoms with E-state index < -0.39 is 0 Å². The molecule has 0 amide bonds. The van der Waals surface area contributed by atoms with Crippen molar-refractivity contribution in [2.45, 2.75) is 84.3 Å². The topological polar surface area (TPSA) is 34.9 Å². The largest absolute Gasteiger partial charge is 0.283 e. The quantitative estimate of drug-likeness (QED) is 0.213. The molecule has 0 saturated heterocycles. The normalized spacial score (nSPS) is 17.1. The van der Waals surface area contributed by atoms with Gasteiger partial charge in [0, 0.05) is 17.2 Å². The van der Waals surface area contributed by atoms with Gasteiger partial charge in [-0.1, -0.05) is 64.8 Å². The second kappa shape index (κ2) is 9.17. The Bertz CT molecular complexity index is 889. The molecule has 28 heavy (non-hydrogen) atoms. The first kappa shape index (κ1) is 21.6. The molecule has 2 heterocycles. The van der Waals surface area contributed by atoms with Gasteiger partial charge in [-0.3, -0.25) is 9.36 Å². The van der Waals surface area contributed by atoms with Crippen LogP contribution in [0.4, 0.5) is 0 Å². The lowest BCUT2D eigenvalue weighted by Gasteiger charge is -2.33. The lowest BCUT2D eigenvalue weighted by molar-refractivity contribution is 0.218. The van der Waals surface area contributed by atoms with Crippen LogP contribution in [0.3, 0.4) is 0 Å². The van der Waals surface area contributed by atoms with Crippen LogP contribution in [0.1, 0.15) is 70.2 Å². The molecule has 0 aliphatic heterocycles. The van der Waals surface area contributed by atoms with Crippen LogP contribution in [0.2, 0.25) is 0 Å². The van der Waals surface area contributed by atoms with Gasteiger partial charge in [-0.25, -0.2) is 4.98 Å². The fourth-order valence-corrected chi connectivity index (χ4v) is 6.42. The molecule has 3 rings (SSSR count). The molecule has 1 atom stereocenters. The number of aryl methyl sites for hydroxylation is 1. The van der Waals surface area contributed by atoms with Crippen molar-refractivity contribution in [2.24, 2.45) is 11.3 Å². The Kier molecular flexibility index (Phi) is 7.08. The monoisotopic (exact) mass is 418 g/mol. The van der Waals surface area contributed by atoms with Crippen LogP contribution < -0.4 is 5.56 Å². The number of fused-ring (bicyclic) bond motifs is 3. The number of nitrogens with zero attached hydrogens (tertiary/aromatic N) is 2. The summed E-state index contributed by atoms with van der Waals surface area (Å²) in [7, 11) is 0. The fourth-order valence-electron chi connectivity index (χ4n) is 4.07. The zero-order valence-electron chi connectivity index (χ0n) is 17.8. The number of unbranched alkanes of at least 4 members (excludes halogenated alkanes) is 3. The highest BCUT2D eigenvalue weighted by molar-refractivity contribution is 7.99. The maximum Gasteiger partial charge on any atom is 0.263 e. The third-order valence-electron chi connectivity index (χ3n) is 5.90. The van der Waals surface area contributed by atoms with E-state index in [9.17, 15) is 4.79 Å². The molecule has 0 aromatic carbocycles. The fraction of sp³-hybridized carbons (Fsp3) is 0.652. The summed E-state index contributed by atoms with van der Waals surface area (Å²) < 4.78 is 1.84. The van der Waals surface area contributed by atoms with Crippen molar-refractivity contribution in [3.8, 4) is 0 Å². The first-order valence-electron chi connectivity index (χ1n) is 10.7. The highest BCUT2D eigenvalue weighted by atomic mass is 32.2. The van der Waals surface area contributed by atoms with Crippen molar-refractivity contribution in [3.05, 3.63) is 33.4 Å². The van der Waals surface area contributed by atoms with Crippen molar-refractivity contribution in [1.82, 2.24) is 9.55 Å². The van der Waals surface area contributed by atoms with Gasteiger partial charge in [0.1, 0.15) is 4.83 Å². The summed E-state index contributed by atoms with van der Waals surface area (Å²) >= 11 is 3.49. The Morgan fingerprint density at radius 2 is 2.11 bits per heavy atom. The van der Waals surface area contributed by atoms with Crippen molar-refractivity contribution in [1.29, 1.82) is 0 Å². The minimum Gasteiger partial charge on any atom is -0.283 e. The highest BCUT2D eigenvalue weighted by Crippen LogP contribution is 2.42. The summed E-state index contributed by atoms with van der Waals surface area (Å²) in [5.41, 5.74) is 1.71. The summed E-state index contributed by atoms with van der Waals surface area (Å²) in [5, 5.41) is 1.74. The second-order valence-electron chi connectivity index (χ2n) is 9.00. The zero-order valence-corrected chi connectivity index (χ0v) is 19.5. The minimum absolute atomic E-state index is 0.132. The number of aromatic nitrogens is 2. The van der Waals surface area contributed by atoms with Crippen LogP contribution in [-0.2, 0) is 19.4 Å². The van der Waals surface area contributed by atoms with Gasteiger partial charge in [0.25, 0.3) is 5.56 Å². The molecule has 0 unspecified atom stereocenters. The number of thioether (sulfide) groups is 1. The summed E-state index contributed by atoms with van der Waals surface area (Å²) in [4.78, 5) is 20.7. The predicted molar refractivity (Wildman–Crippen MR) is 124 cm³/mol. The molecule has 0 fully saturated rings. The first-order valence-corrected chi connectivity index (χ1v) is 12.5. The molecule has 5 heteroatoms. The smallest absolute Gasteiger partial charge is 0.263 e. The summed E-state index contributed by atoms with van der Waals surface area (Å²) in [6, 6.07) is 0. The van der Waals surface area contributed by atoms with E-state index in [4.69, 9.17) is 4.98 Å². The molecule has 0 spiro atoms. The van der Waals surface area contributed by atoms with E-state index in [1.54, 1.807) is 23.1 Å². The van der Waals surface area contributed by atoms with E-state index in [1.165, 1.54) is 36.1 Å². The Balaban J connectivity index is 1.94. The van der Waals surface area contributed by atoms with Crippen molar-refractivity contribution in [3.63, 3.8) is 0 Å². The molecule has 0 saturated carbocycles. The van der Waals surface area contributed by atoms with Crippen molar-refractivity contribution in [2.75, 3.05) is 5.75 Å². The molecule has 0 N–H and O–H groups in total. The molecular formula is C23H34N2OS2. The molecule has 1 aliphatic carbocycles. The van der Waals surface area contributed by atoms with Crippen LogP contribution in [0, 0.1) is 11.3 Å². The van der Waals surface area contributed by atoms with Gasteiger partial charge in [-0.05, 0) is 42.6 Å². The van der Waals surface area contributed by atoms with E-state index in [0.717, 1.165) is 40.4 Å². The summed E-state index contributed by atoms with van der Waals surface area (Å²) in [6.45, 7) is 13.6. The van der Waals surface area contributed by atoms with Gasteiger partial charge in [0.15, 0.2) is 5.16 Å². The molecule has 0 bridgehead atoms. The molecule has 0 radical (unpaired) electrons. The van der Waals surface area contributed by atoms with E-state index in [-0.39, 0.29) is 5.56 Å². The average molecular weight is 419 g/mol. The number of thiophene rings is 1. The molecular weight excluding hydrogens is 384 g/mol. The van der Waals surface area contributed by atoms with E-state index in [1.807, 2.05) is 10.6 Å². The number of rotatable bonds is 8. The van der Waals surface area contributed by atoms with E-state index in [0.29, 0.717) is 17.9 Å². The van der Waals surface area contributed by atoms with Gasteiger partial charge < -0.3 is 0 Å². The van der Waals surface area contributed by atoms with Gasteiger partial charge in [0.05, 0.1) is 5.39 Å². The van der Waals surface area contributed by atoms with Gasteiger partial charge in [-0.15, -0.1) is 17.9 Å². The zero-order chi connectivity index (χ0) is 20.3. The van der Waals surface area contributed by atoms with E-state index in [2.05, 4.69) is 34.3 Å². The predicted octanol–water partition coefficient (Wildman–Crippen LogP) is 6.47. The number of hydrogen-bond donors (Lipinski definition) is 0. The van der Waals surface area contributed by atoms with Crippen molar-refractivity contribution >= 4 is 33.3 Å².